The summed E-state index contributed by atoms with van der Waals surface area (Å²) in [6.07, 6.45) is 4.91. The average molecular weight is 226 g/mol. The molecule has 0 bridgehead atoms. The maximum atomic E-state index is 11.3. The maximum Gasteiger partial charge on any atom is 0.220 e. The summed E-state index contributed by atoms with van der Waals surface area (Å²) in [7, 11) is 0. The zero-order valence-corrected chi connectivity index (χ0v) is 9.39. The number of azide groups is 1. The minimum absolute atomic E-state index is 0.00214. The molecule has 1 amide bonds. The fourth-order valence-electron chi connectivity index (χ4n) is 1.71. The van der Waals surface area contributed by atoms with Gasteiger partial charge in [0.25, 0.3) is 0 Å². The monoisotopic (exact) mass is 226 g/mol. The highest BCUT2D eigenvalue weighted by Gasteiger charge is 2.14. The van der Waals surface area contributed by atoms with E-state index in [1.807, 2.05) is 0 Å². The number of carbonyl (C=O) groups is 1. The van der Waals surface area contributed by atoms with Crippen molar-refractivity contribution in [3.05, 3.63) is 10.4 Å². The summed E-state index contributed by atoms with van der Waals surface area (Å²) in [6.45, 7) is 1.54. The first-order valence-electron chi connectivity index (χ1n) is 5.72. The van der Waals surface area contributed by atoms with Gasteiger partial charge in [-0.25, -0.2) is 0 Å². The number of ether oxygens (including phenoxy) is 1. The highest BCUT2D eigenvalue weighted by Crippen LogP contribution is 2.16. The lowest BCUT2D eigenvalue weighted by Gasteiger charge is -2.22. The molecule has 1 heterocycles. The lowest BCUT2D eigenvalue weighted by Crippen LogP contribution is -2.28. The van der Waals surface area contributed by atoms with Crippen LogP contribution in [0, 0.1) is 0 Å². The van der Waals surface area contributed by atoms with Crippen molar-refractivity contribution < 1.29 is 9.53 Å². The molecule has 16 heavy (non-hydrogen) atoms. The predicted octanol–water partition coefficient (Wildman–Crippen LogP) is 1.76. The van der Waals surface area contributed by atoms with Crippen LogP contribution < -0.4 is 5.32 Å². The largest absolute Gasteiger partial charge is 0.378 e. The molecule has 1 fully saturated rings. The Morgan fingerprint density at radius 1 is 1.56 bits per heavy atom. The number of rotatable bonds is 6. The predicted molar refractivity (Wildman–Crippen MR) is 59.8 cm³/mol. The van der Waals surface area contributed by atoms with Crippen LogP contribution in [-0.4, -0.2) is 31.7 Å². The molecule has 1 aliphatic rings. The fraction of sp³-hybridized carbons (Fsp3) is 0.900. The van der Waals surface area contributed by atoms with E-state index in [-0.39, 0.29) is 12.0 Å². The molecule has 1 unspecified atom stereocenters. The van der Waals surface area contributed by atoms with Gasteiger partial charge in [0, 0.05) is 31.0 Å². The minimum Gasteiger partial charge on any atom is -0.378 e. The molecule has 1 saturated heterocycles. The van der Waals surface area contributed by atoms with Crippen molar-refractivity contribution in [2.24, 2.45) is 5.11 Å². The molecule has 6 heteroatoms. The Morgan fingerprint density at radius 3 is 3.12 bits per heavy atom. The van der Waals surface area contributed by atoms with Gasteiger partial charge >= 0.3 is 0 Å². The van der Waals surface area contributed by atoms with E-state index in [2.05, 4.69) is 15.3 Å². The number of hydrogen-bond acceptors (Lipinski definition) is 3. The molecule has 0 radical (unpaired) electrons. The molecule has 6 nitrogen and oxygen atoms in total. The van der Waals surface area contributed by atoms with Crippen molar-refractivity contribution >= 4 is 5.91 Å². The summed E-state index contributed by atoms with van der Waals surface area (Å²) < 4.78 is 5.52. The number of nitrogens with one attached hydrogen (secondary N) is 1. The number of hydrogen-bond donors (Lipinski definition) is 1. The van der Waals surface area contributed by atoms with Crippen LogP contribution in [0.1, 0.15) is 32.1 Å². The maximum absolute atomic E-state index is 11.3. The van der Waals surface area contributed by atoms with Gasteiger partial charge in [0.2, 0.25) is 5.91 Å². The van der Waals surface area contributed by atoms with Crippen molar-refractivity contribution in [2.75, 3.05) is 19.7 Å². The Bertz CT molecular complexity index is 258. The first-order valence-corrected chi connectivity index (χ1v) is 5.72. The van der Waals surface area contributed by atoms with E-state index in [1.165, 1.54) is 6.42 Å². The molecule has 0 aromatic rings. The average Bonchev–Trinajstić information content (AvgIpc) is 2.33. The molecule has 0 saturated carbocycles. The van der Waals surface area contributed by atoms with Crippen molar-refractivity contribution in [3.63, 3.8) is 0 Å². The first-order chi connectivity index (χ1) is 7.83. The third-order valence-corrected chi connectivity index (χ3v) is 2.56. The highest BCUT2D eigenvalue weighted by molar-refractivity contribution is 5.75. The second kappa shape index (κ2) is 7.96. The van der Waals surface area contributed by atoms with E-state index in [0.29, 0.717) is 19.5 Å². The van der Waals surface area contributed by atoms with Crippen LogP contribution in [-0.2, 0) is 9.53 Å². The van der Waals surface area contributed by atoms with Crippen molar-refractivity contribution in [1.29, 1.82) is 0 Å². The molecular formula is C10H18N4O2. The van der Waals surface area contributed by atoms with Crippen LogP contribution in [0.15, 0.2) is 5.11 Å². The van der Waals surface area contributed by atoms with Gasteiger partial charge in [0.1, 0.15) is 0 Å². The van der Waals surface area contributed by atoms with Gasteiger partial charge < -0.3 is 10.1 Å². The number of amides is 1. The van der Waals surface area contributed by atoms with E-state index in [9.17, 15) is 4.79 Å². The van der Waals surface area contributed by atoms with Crippen LogP contribution in [0.5, 0.6) is 0 Å². The first kappa shape index (κ1) is 12.8. The molecular weight excluding hydrogens is 208 g/mol. The Hall–Kier alpha value is -1.26. The van der Waals surface area contributed by atoms with Crippen LogP contribution in [0.3, 0.4) is 0 Å². The van der Waals surface area contributed by atoms with E-state index in [4.69, 9.17) is 10.3 Å². The molecule has 90 valence electrons. The van der Waals surface area contributed by atoms with Gasteiger partial charge in [0.05, 0.1) is 6.10 Å². The SMILES string of the molecule is [N-]=[N+]=NCCNC(=O)CCC1CCCCO1. The van der Waals surface area contributed by atoms with Gasteiger partial charge in [0.15, 0.2) is 0 Å². The molecule has 1 N–H and O–H groups in total. The minimum atomic E-state index is 0.00214. The molecule has 0 aliphatic carbocycles. The van der Waals surface area contributed by atoms with Gasteiger partial charge in [-0.3, -0.25) is 4.79 Å². The normalized spacial score (nSPS) is 19.9. The molecule has 1 rings (SSSR count). The number of nitrogens with zero attached hydrogens (tertiary/aromatic N) is 3. The second-order valence-electron chi connectivity index (χ2n) is 3.83. The summed E-state index contributed by atoms with van der Waals surface area (Å²) >= 11 is 0. The van der Waals surface area contributed by atoms with Crippen molar-refractivity contribution in [3.8, 4) is 0 Å². The quantitative estimate of drug-likeness (QED) is 0.324. The second-order valence-corrected chi connectivity index (χ2v) is 3.83. The molecule has 0 spiro atoms. The van der Waals surface area contributed by atoms with E-state index in [0.717, 1.165) is 25.9 Å². The summed E-state index contributed by atoms with van der Waals surface area (Å²) in [5, 5.41) is 6.03. The van der Waals surface area contributed by atoms with Gasteiger partial charge in [-0.1, -0.05) is 5.11 Å². The zero-order chi connectivity index (χ0) is 11.6. The zero-order valence-electron chi connectivity index (χ0n) is 9.39. The number of carbonyl (C=O) groups excluding carboxylic acids is 1. The lowest BCUT2D eigenvalue weighted by molar-refractivity contribution is -0.122. The van der Waals surface area contributed by atoms with Gasteiger partial charge in [-0.05, 0) is 31.2 Å². The molecule has 0 aromatic heterocycles. The summed E-state index contributed by atoms with van der Waals surface area (Å²) in [5.41, 5.74) is 8.03. The van der Waals surface area contributed by atoms with E-state index in [1.54, 1.807) is 0 Å². The van der Waals surface area contributed by atoms with Crippen LogP contribution in [0.25, 0.3) is 10.4 Å². The standard InChI is InChI=1S/C10H18N4O2/c11-14-13-7-6-12-10(15)5-4-9-3-1-2-8-16-9/h9H,1-8H2,(H,12,15). The fourth-order valence-corrected chi connectivity index (χ4v) is 1.71. The van der Waals surface area contributed by atoms with Gasteiger partial charge in [-0.2, -0.15) is 0 Å². The Kier molecular flexibility index (Phi) is 6.37. The smallest absolute Gasteiger partial charge is 0.220 e. The van der Waals surface area contributed by atoms with E-state index < -0.39 is 0 Å². The molecule has 0 aromatic carbocycles. The third kappa shape index (κ3) is 5.58. The third-order valence-electron chi connectivity index (χ3n) is 2.56. The van der Waals surface area contributed by atoms with Crippen molar-refractivity contribution in [2.45, 2.75) is 38.2 Å². The summed E-state index contributed by atoms with van der Waals surface area (Å²) in [6, 6.07) is 0. The summed E-state index contributed by atoms with van der Waals surface area (Å²) in [5.74, 6) is 0.00214. The Morgan fingerprint density at radius 2 is 2.44 bits per heavy atom. The van der Waals surface area contributed by atoms with Crippen LogP contribution in [0.2, 0.25) is 0 Å². The Balaban J connectivity index is 2.02. The van der Waals surface area contributed by atoms with Crippen LogP contribution in [0.4, 0.5) is 0 Å². The van der Waals surface area contributed by atoms with E-state index >= 15 is 0 Å². The molecule has 1 aliphatic heterocycles. The van der Waals surface area contributed by atoms with Gasteiger partial charge in [-0.15, -0.1) is 0 Å². The lowest BCUT2D eigenvalue weighted by atomic mass is 10.0. The highest BCUT2D eigenvalue weighted by atomic mass is 16.5. The topological polar surface area (TPSA) is 87.1 Å². The Labute approximate surface area is 95.0 Å². The van der Waals surface area contributed by atoms with Crippen LogP contribution >= 0.6 is 0 Å². The molecule has 1 atom stereocenters. The van der Waals surface area contributed by atoms with Crippen molar-refractivity contribution in [1.82, 2.24) is 5.32 Å². The summed E-state index contributed by atoms with van der Waals surface area (Å²) in [4.78, 5) is 14.0.